The van der Waals surface area contributed by atoms with Crippen molar-refractivity contribution in [1.82, 2.24) is 9.88 Å². The van der Waals surface area contributed by atoms with Gasteiger partial charge in [-0.1, -0.05) is 0 Å². The molecule has 1 amide bonds. The molecule has 1 unspecified atom stereocenters. The van der Waals surface area contributed by atoms with E-state index in [0.29, 0.717) is 18.7 Å². The van der Waals surface area contributed by atoms with Gasteiger partial charge in [0, 0.05) is 18.8 Å². The molecular formula is C14H18N2O3. The van der Waals surface area contributed by atoms with Gasteiger partial charge < -0.3 is 10.0 Å². The summed E-state index contributed by atoms with van der Waals surface area (Å²) in [5.74, 6) is -1.45. The molecule has 1 saturated heterocycles. The minimum Gasteiger partial charge on any atom is -0.481 e. The Kier molecular flexibility index (Phi) is 3.83. The van der Waals surface area contributed by atoms with E-state index in [1.54, 1.807) is 11.0 Å². The van der Waals surface area contributed by atoms with Crippen LogP contribution in [0.25, 0.3) is 0 Å². The Morgan fingerprint density at radius 3 is 2.74 bits per heavy atom. The third kappa shape index (κ3) is 3.10. The van der Waals surface area contributed by atoms with Crippen LogP contribution in [0, 0.1) is 19.8 Å². The summed E-state index contributed by atoms with van der Waals surface area (Å²) in [5.41, 5.74) is 2.20. The van der Waals surface area contributed by atoms with Gasteiger partial charge in [0.1, 0.15) is 5.69 Å². The maximum absolute atomic E-state index is 12.3. The molecule has 19 heavy (non-hydrogen) atoms. The van der Waals surface area contributed by atoms with Crippen LogP contribution in [0.15, 0.2) is 12.1 Å². The average molecular weight is 262 g/mol. The van der Waals surface area contributed by atoms with E-state index in [9.17, 15) is 9.59 Å². The number of likely N-dealkylation sites (tertiary alicyclic amines) is 1. The maximum atomic E-state index is 12.3. The number of aliphatic carboxylic acids is 1. The number of aryl methyl sites for hydroxylation is 2. The largest absolute Gasteiger partial charge is 0.481 e. The highest BCUT2D eigenvalue weighted by atomic mass is 16.4. The summed E-state index contributed by atoms with van der Waals surface area (Å²) in [6.45, 7) is 4.65. The average Bonchev–Trinajstić information content (AvgIpc) is 2.37. The number of hydrogen-bond donors (Lipinski definition) is 1. The molecule has 0 aromatic carbocycles. The highest BCUT2D eigenvalue weighted by Crippen LogP contribution is 2.18. The topological polar surface area (TPSA) is 70.5 Å². The Balaban J connectivity index is 2.16. The predicted octanol–water partition coefficient (Wildman–Crippen LogP) is 1.64. The first-order valence-electron chi connectivity index (χ1n) is 6.45. The van der Waals surface area contributed by atoms with Gasteiger partial charge in [-0.2, -0.15) is 0 Å². The van der Waals surface area contributed by atoms with Crippen LogP contribution in [0.4, 0.5) is 0 Å². The van der Waals surface area contributed by atoms with Crippen LogP contribution < -0.4 is 0 Å². The lowest BCUT2D eigenvalue weighted by Gasteiger charge is -2.30. The first-order chi connectivity index (χ1) is 8.97. The summed E-state index contributed by atoms with van der Waals surface area (Å²) in [4.78, 5) is 29.2. The molecule has 1 aliphatic heterocycles. The third-order valence-corrected chi connectivity index (χ3v) is 3.37. The number of carboxylic acids is 1. The lowest BCUT2D eigenvalue weighted by atomic mass is 9.98. The smallest absolute Gasteiger partial charge is 0.308 e. The second-order valence-corrected chi connectivity index (χ2v) is 5.10. The number of aromatic nitrogens is 1. The van der Waals surface area contributed by atoms with Crippen LogP contribution in [-0.2, 0) is 4.79 Å². The molecule has 2 rings (SSSR count). The lowest BCUT2D eigenvalue weighted by molar-refractivity contribution is -0.143. The number of carbonyl (C=O) groups excluding carboxylic acids is 1. The molecule has 1 aromatic rings. The van der Waals surface area contributed by atoms with Gasteiger partial charge in [0.15, 0.2) is 0 Å². The molecule has 2 heterocycles. The normalized spacial score (nSPS) is 19.3. The minimum absolute atomic E-state index is 0.169. The summed E-state index contributed by atoms with van der Waals surface area (Å²) in [7, 11) is 0. The molecule has 5 heteroatoms. The van der Waals surface area contributed by atoms with Gasteiger partial charge in [0.25, 0.3) is 5.91 Å². The van der Waals surface area contributed by atoms with Gasteiger partial charge in [0.2, 0.25) is 0 Å². The van der Waals surface area contributed by atoms with Gasteiger partial charge in [-0.15, -0.1) is 0 Å². The van der Waals surface area contributed by atoms with Crippen molar-refractivity contribution in [2.24, 2.45) is 5.92 Å². The second kappa shape index (κ2) is 5.38. The van der Waals surface area contributed by atoms with Gasteiger partial charge in [-0.25, -0.2) is 4.98 Å². The molecule has 0 spiro atoms. The van der Waals surface area contributed by atoms with Gasteiger partial charge >= 0.3 is 5.97 Å². The predicted molar refractivity (Wildman–Crippen MR) is 70.0 cm³/mol. The Hall–Kier alpha value is -1.91. The van der Waals surface area contributed by atoms with E-state index in [-0.39, 0.29) is 12.5 Å². The number of amides is 1. The highest BCUT2D eigenvalue weighted by molar-refractivity contribution is 5.93. The van der Waals surface area contributed by atoms with Crippen molar-refractivity contribution in [2.45, 2.75) is 26.7 Å². The molecule has 1 aliphatic rings. The number of piperidine rings is 1. The van der Waals surface area contributed by atoms with Crippen LogP contribution in [0.5, 0.6) is 0 Å². The lowest BCUT2D eigenvalue weighted by Crippen LogP contribution is -2.42. The van der Waals surface area contributed by atoms with E-state index in [1.807, 2.05) is 19.9 Å². The molecule has 0 radical (unpaired) electrons. The summed E-state index contributed by atoms with van der Waals surface area (Å²) in [6.07, 6.45) is 1.37. The molecule has 102 valence electrons. The Bertz CT molecular complexity index is 493. The van der Waals surface area contributed by atoms with Crippen LogP contribution in [0.2, 0.25) is 0 Å². The SMILES string of the molecule is Cc1cc(C)nc(C(=O)N2CCCC(C(=O)O)C2)c1. The highest BCUT2D eigenvalue weighted by Gasteiger charge is 2.29. The van der Waals surface area contributed by atoms with Gasteiger partial charge in [-0.05, 0) is 44.4 Å². The Morgan fingerprint density at radius 2 is 2.11 bits per heavy atom. The van der Waals surface area contributed by atoms with Crippen molar-refractivity contribution in [1.29, 1.82) is 0 Å². The molecular weight excluding hydrogens is 244 g/mol. The molecule has 1 aromatic heterocycles. The first-order valence-corrected chi connectivity index (χ1v) is 6.45. The summed E-state index contributed by atoms with van der Waals surface area (Å²) in [5, 5.41) is 9.04. The number of pyridine rings is 1. The number of carboxylic acid groups (broad SMARTS) is 1. The number of carbonyl (C=O) groups is 2. The maximum Gasteiger partial charge on any atom is 0.308 e. The molecule has 0 bridgehead atoms. The van der Waals surface area contributed by atoms with Gasteiger partial charge in [-0.3, -0.25) is 9.59 Å². The number of hydrogen-bond acceptors (Lipinski definition) is 3. The molecule has 0 saturated carbocycles. The van der Waals surface area contributed by atoms with Crippen molar-refractivity contribution in [3.05, 3.63) is 29.1 Å². The van der Waals surface area contributed by atoms with E-state index < -0.39 is 11.9 Å². The molecule has 0 aliphatic carbocycles. The molecule has 1 fully saturated rings. The van der Waals surface area contributed by atoms with Crippen LogP contribution in [0.1, 0.15) is 34.6 Å². The zero-order valence-electron chi connectivity index (χ0n) is 11.2. The Labute approximate surface area is 112 Å². The van der Waals surface area contributed by atoms with E-state index in [2.05, 4.69) is 4.98 Å². The summed E-state index contributed by atoms with van der Waals surface area (Å²) in [6, 6.07) is 3.66. The Morgan fingerprint density at radius 1 is 1.37 bits per heavy atom. The van der Waals surface area contributed by atoms with Crippen molar-refractivity contribution in [3.8, 4) is 0 Å². The molecule has 1 N–H and O–H groups in total. The second-order valence-electron chi connectivity index (χ2n) is 5.10. The fourth-order valence-electron chi connectivity index (χ4n) is 2.48. The van der Waals surface area contributed by atoms with Crippen LogP contribution in [-0.4, -0.2) is 40.0 Å². The summed E-state index contributed by atoms with van der Waals surface area (Å²) >= 11 is 0. The summed E-state index contributed by atoms with van der Waals surface area (Å²) < 4.78 is 0. The number of nitrogens with zero attached hydrogens (tertiary/aromatic N) is 2. The van der Waals surface area contributed by atoms with Crippen LogP contribution >= 0.6 is 0 Å². The molecule has 1 atom stereocenters. The zero-order chi connectivity index (χ0) is 14.0. The fraction of sp³-hybridized carbons (Fsp3) is 0.500. The van der Waals surface area contributed by atoms with E-state index in [1.165, 1.54) is 0 Å². The number of rotatable bonds is 2. The monoisotopic (exact) mass is 262 g/mol. The van der Waals surface area contributed by atoms with Crippen molar-refractivity contribution < 1.29 is 14.7 Å². The van der Waals surface area contributed by atoms with Crippen molar-refractivity contribution in [3.63, 3.8) is 0 Å². The minimum atomic E-state index is -0.828. The van der Waals surface area contributed by atoms with Crippen molar-refractivity contribution >= 4 is 11.9 Å². The van der Waals surface area contributed by atoms with E-state index >= 15 is 0 Å². The quantitative estimate of drug-likeness (QED) is 0.879. The zero-order valence-corrected chi connectivity index (χ0v) is 11.2. The van der Waals surface area contributed by atoms with E-state index in [4.69, 9.17) is 5.11 Å². The van der Waals surface area contributed by atoms with Crippen LogP contribution in [0.3, 0.4) is 0 Å². The standard InChI is InChI=1S/C14H18N2O3/c1-9-6-10(2)15-12(7-9)13(17)16-5-3-4-11(8-16)14(18)19/h6-7,11H,3-5,8H2,1-2H3,(H,18,19). The first kappa shape index (κ1) is 13.5. The van der Waals surface area contributed by atoms with E-state index in [0.717, 1.165) is 17.7 Å². The third-order valence-electron chi connectivity index (χ3n) is 3.37. The van der Waals surface area contributed by atoms with Crippen molar-refractivity contribution in [2.75, 3.05) is 13.1 Å². The van der Waals surface area contributed by atoms with Gasteiger partial charge in [0.05, 0.1) is 5.92 Å². The molecule has 5 nitrogen and oxygen atoms in total. The fourth-order valence-corrected chi connectivity index (χ4v) is 2.48.